The Kier molecular flexibility index (Phi) is 5.96. The molecule has 0 fully saturated rings. The molecule has 0 spiro atoms. The number of unbranched alkanes of at least 4 members (excludes halogenated alkanes) is 1. The van der Waals surface area contributed by atoms with Crippen LogP contribution >= 0.6 is 0 Å². The first-order chi connectivity index (χ1) is 7.88. The molecule has 0 saturated carbocycles. The number of hydrogen-bond acceptors (Lipinski definition) is 3. The average Bonchev–Trinajstić information content (AvgIpc) is 2.35. The van der Waals surface area contributed by atoms with Gasteiger partial charge in [0.05, 0.1) is 6.26 Å². The molecule has 0 heterocycles. The van der Waals surface area contributed by atoms with Crippen LogP contribution in [0.15, 0.2) is 47.7 Å². The lowest BCUT2D eigenvalue weighted by Gasteiger charge is -2.03. The van der Waals surface area contributed by atoms with Gasteiger partial charge in [-0.2, -0.15) is 0 Å². The fraction of sp³-hybridized carbons (Fsp3) is 0.308. The lowest BCUT2D eigenvalue weighted by molar-refractivity contribution is 0.289. The first kappa shape index (κ1) is 12.5. The summed E-state index contributed by atoms with van der Waals surface area (Å²) in [5.74, 6) is 0.598. The third kappa shape index (κ3) is 4.28. The molecule has 0 aromatic heterocycles. The van der Waals surface area contributed by atoms with Gasteiger partial charge in [-0.25, -0.2) is 0 Å². The number of rotatable bonds is 5. The molecule has 1 aromatic rings. The highest BCUT2D eigenvalue weighted by Gasteiger charge is 1.99. The number of hydrogen-bond donors (Lipinski definition) is 1. The summed E-state index contributed by atoms with van der Waals surface area (Å²) < 4.78 is 5.41. The molecule has 16 heavy (non-hydrogen) atoms. The van der Waals surface area contributed by atoms with Crippen molar-refractivity contribution in [2.45, 2.75) is 12.8 Å². The summed E-state index contributed by atoms with van der Waals surface area (Å²) in [7, 11) is 1.70. The summed E-state index contributed by atoms with van der Waals surface area (Å²) in [6, 6.07) is 9.74. The van der Waals surface area contributed by atoms with Crippen molar-refractivity contribution in [1.82, 2.24) is 0 Å². The van der Waals surface area contributed by atoms with E-state index in [1.807, 2.05) is 36.4 Å². The van der Waals surface area contributed by atoms with Crippen molar-refractivity contribution in [3.63, 3.8) is 0 Å². The average molecular weight is 219 g/mol. The van der Waals surface area contributed by atoms with E-state index >= 15 is 0 Å². The van der Waals surface area contributed by atoms with Crippen LogP contribution in [0.3, 0.4) is 0 Å². The summed E-state index contributed by atoms with van der Waals surface area (Å²) in [6.45, 7) is 0.206. The van der Waals surface area contributed by atoms with E-state index in [2.05, 4.69) is 4.99 Å². The standard InChI is InChI=1S/C13H17NO2/c1-14-13(12-8-4-2-5-9-12)16-11-7-3-6-10-15/h2,4-5,7-9,11,15H,3,6,10H2,1H3/b11-7+,14-13?. The Morgan fingerprint density at radius 2 is 2.12 bits per heavy atom. The van der Waals surface area contributed by atoms with E-state index in [1.54, 1.807) is 13.3 Å². The van der Waals surface area contributed by atoms with Crippen LogP contribution < -0.4 is 0 Å². The van der Waals surface area contributed by atoms with E-state index in [0.717, 1.165) is 18.4 Å². The second kappa shape index (κ2) is 7.65. The van der Waals surface area contributed by atoms with Gasteiger partial charge < -0.3 is 9.84 Å². The number of ether oxygens (including phenoxy) is 1. The highest BCUT2D eigenvalue weighted by molar-refractivity contribution is 5.94. The monoisotopic (exact) mass is 219 g/mol. The molecule has 0 saturated heterocycles. The van der Waals surface area contributed by atoms with Gasteiger partial charge in [0.2, 0.25) is 5.90 Å². The molecule has 0 atom stereocenters. The van der Waals surface area contributed by atoms with Crippen LogP contribution in [0.1, 0.15) is 18.4 Å². The molecule has 0 unspecified atom stereocenters. The van der Waals surface area contributed by atoms with Gasteiger partial charge in [-0.3, -0.25) is 4.99 Å². The van der Waals surface area contributed by atoms with Crippen LogP contribution in [0.4, 0.5) is 0 Å². The summed E-state index contributed by atoms with van der Waals surface area (Å²) in [6.07, 6.45) is 5.06. The van der Waals surface area contributed by atoms with Gasteiger partial charge in [0.1, 0.15) is 0 Å². The van der Waals surface area contributed by atoms with Crippen molar-refractivity contribution in [2.75, 3.05) is 13.7 Å². The lowest BCUT2D eigenvalue weighted by atomic mass is 10.2. The molecule has 3 nitrogen and oxygen atoms in total. The molecule has 1 rings (SSSR count). The van der Waals surface area contributed by atoms with Gasteiger partial charge in [-0.15, -0.1) is 0 Å². The largest absolute Gasteiger partial charge is 0.447 e. The maximum Gasteiger partial charge on any atom is 0.220 e. The minimum absolute atomic E-state index is 0.206. The summed E-state index contributed by atoms with van der Waals surface area (Å²) >= 11 is 0. The van der Waals surface area contributed by atoms with Crippen LogP contribution in [0.25, 0.3) is 0 Å². The Labute approximate surface area is 96.1 Å². The van der Waals surface area contributed by atoms with E-state index in [-0.39, 0.29) is 6.61 Å². The number of allylic oxidation sites excluding steroid dienone is 1. The molecule has 0 radical (unpaired) electrons. The van der Waals surface area contributed by atoms with Gasteiger partial charge in [-0.1, -0.05) is 18.2 Å². The molecular weight excluding hydrogens is 202 g/mol. The molecule has 0 aliphatic heterocycles. The van der Waals surface area contributed by atoms with E-state index in [9.17, 15) is 0 Å². The molecule has 86 valence electrons. The maximum absolute atomic E-state index is 8.60. The Balaban J connectivity index is 2.48. The highest BCUT2D eigenvalue weighted by Crippen LogP contribution is 2.03. The van der Waals surface area contributed by atoms with Crippen LogP contribution in [-0.4, -0.2) is 24.7 Å². The first-order valence-electron chi connectivity index (χ1n) is 5.33. The second-order valence-electron chi connectivity index (χ2n) is 3.25. The van der Waals surface area contributed by atoms with Crippen molar-refractivity contribution in [2.24, 2.45) is 4.99 Å². The molecule has 1 N–H and O–H groups in total. The van der Waals surface area contributed by atoms with Crippen LogP contribution in [0.2, 0.25) is 0 Å². The van der Waals surface area contributed by atoms with Gasteiger partial charge in [0, 0.05) is 19.2 Å². The minimum Gasteiger partial charge on any atom is -0.447 e. The fourth-order valence-electron chi connectivity index (χ4n) is 1.22. The highest BCUT2D eigenvalue weighted by atomic mass is 16.5. The predicted molar refractivity (Wildman–Crippen MR) is 65.4 cm³/mol. The van der Waals surface area contributed by atoms with Gasteiger partial charge >= 0.3 is 0 Å². The Hall–Kier alpha value is -1.61. The Morgan fingerprint density at radius 1 is 1.38 bits per heavy atom. The normalized spacial score (nSPS) is 12.0. The van der Waals surface area contributed by atoms with Crippen LogP contribution in [-0.2, 0) is 4.74 Å². The summed E-state index contributed by atoms with van der Waals surface area (Å²) in [4.78, 5) is 4.07. The van der Waals surface area contributed by atoms with Gasteiger partial charge in [0.15, 0.2) is 0 Å². The summed E-state index contributed by atoms with van der Waals surface area (Å²) in [5, 5.41) is 8.60. The molecule has 1 aromatic carbocycles. The third-order valence-electron chi connectivity index (χ3n) is 2.03. The Morgan fingerprint density at radius 3 is 2.75 bits per heavy atom. The molecule has 0 aliphatic carbocycles. The topological polar surface area (TPSA) is 41.8 Å². The van der Waals surface area contributed by atoms with Crippen molar-refractivity contribution >= 4 is 5.90 Å². The molecule has 0 bridgehead atoms. The smallest absolute Gasteiger partial charge is 0.220 e. The van der Waals surface area contributed by atoms with Gasteiger partial charge in [0.25, 0.3) is 0 Å². The number of aliphatic hydroxyl groups excluding tert-OH is 1. The van der Waals surface area contributed by atoms with Crippen molar-refractivity contribution in [3.05, 3.63) is 48.2 Å². The van der Waals surface area contributed by atoms with Crippen molar-refractivity contribution in [3.8, 4) is 0 Å². The van der Waals surface area contributed by atoms with Crippen molar-refractivity contribution < 1.29 is 9.84 Å². The van der Waals surface area contributed by atoms with E-state index in [1.165, 1.54) is 0 Å². The lowest BCUT2D eigenvalue weighted by Crippen LogP contribution is -2.01. The van der Waals surface area contributed by atoms with E-state index in [0.29, 0.717) is 5.90 Å². The molecule has 0 amide bonds. The fourth-order valence-corrected chi connectivity index (χ4v) is 1.22. The predicted octanol–water partition coefficient (Wildman–Crippen LogP) is 2.37. The zero-order chi connectivity index (χ0) is 11.6. The molecule has 3 heteroatoms. The zero-order valence-electron chi connectivity index (χ0n) is 9.47. The molecule has 0 aliphatic rings. The zero-order valence-corrected chi connectivity index (χ0v) is 9.47. The maximum atomic E-state index is 8.60. The SMILES string of the molecule is CN=C(O/C=C/CCCO)c1ccccc1. The van der Waals surface area contributed by atoms with Crippen molar-refractivity contribution in [1.29, 1.82) is 0 Å². The minimum atomic E-state index is 0.206. The Bertz CT molecular complexity index is 344. The second-order valence-corrected chi connectivity index (χ2v) is 3.25. The third-order valence-corrected chi connectivity index (χ3v) is 2.03. The molecular formula is C13H17NO2. The quantitative estimate of drug-likeness (QED) is 0.357. The number of benzene rings is 1. The van der Waals surface area contributed by atoms with Crippen LogP contribution in [0.5, 0.6) is 0 Å². The number of nitrogens with zero attached hydrogens (tertiary/aromatic N) is 1. The van der Waals surface area contributed by atoms with E-state index < -0.39 is 0 Å². The number of aliphatic imine (C=N–C) groups is 1. The number of aliphatic hydroxyl groups is 1. The van der Waals surface area contributed by atoms with Crippen LogP contribution in [0, 0.1) is 0 Å². The first-order valence-corrected chi connectivity index (χ1v) is 5.33. The van der Waals surface area contributed by atoms with E-state index in [4.69, 9.17) is 9.84 Å². The van der Waals surface area contributed by atoms with Gasteiger partial charge in [-0.05, 0) is 31.1 Å². The summed E-state index contributed by atoms with van der Waals surface area (Å²) in [5.41, 5.74) is 0.955.